The molecule has 0 bridgehead atoms. The molecule has 2 heterocycles. The van der Waals surface area contributed by atoms with Crippen LogP contribution >= 0.6 is 11.6 Å². The van der Waals surface area contributed by atoms with Crippen molar-refractivity contribution in [1.82, 2.24) is 4.90 Å². The van der Waals surface area contributed by atoms with Gasteiger partial charge < -0.3 is 15.4 Å². The summed E-state index contributed by atoms with van der Waals surface area (Å²) in [5.74, 6) is 0.0523. The first-order chi connectivity index (χ1) is 12.5. The van der Waals surface area contributed by atoms with Crippen LogP contribution in [0.2, 0.25) is 5.02 Å². The maximum atomic E-state index is 14.1. The zero-order valence-corrected chi connectivity index (χ0v) is 15.0. The van der Waals surface area contributed by atoms with Crippen LogP contribution in [0.4, 0.5) is 4.39 Å². The van der Waals surface area contributed by atoms with E-state index in [-0.39, 0.29) is 29.6 Å². The number of benzene rings is 2. The molecule has 136 valence electrons. The number of carbonyl (C=O) groups excluding carboxylic acids is 1. The number of likely N-dealkylation sites (tertiary alicyclic amines) is 1. The molecule has 1 fully saturated rings. The predicted molar refractivity (Wildman–Crippen MR) is 97.8 cm³/mol. The molecule has 0 radical (unpaired) electrons. The average molecular weight is 375 g/mol. The van der Waals surface area contributed by atoms with Gasteiger partial charge in [-0.05, 0) is 41.8 Å². The van der Waals surface area contributed by atoms with Crippen LogP contribution in [0.5, 0.6) is 5.75 Å². The molecule has 0 aliphatic carbocycles. The van der Waals surface area contributed by atoms with Crippen LogP contribution < -0.4 is 10.5 Å². The summed E-state index contributed by atoms with van der Waals surface area (Å²) in [5, 5.41) is 0.628. The minimum Gasteiger partial charge on any atom is -0.492 e. The third-order valence-corrected chi connectivity index (χ3v) is 5.49. The first-order valence-electron chi connectivity index (χ1n) is 8.73. The summed E-state index contributed by atoms with van der Waals surface area (Å²) in [6.45, 7) is 1.19. The average Bonchev–Trinajstić information content (AvgIpc) is 3.02. The molecule has 2 aliphatic rings. The Labute approximate surface area is 156 Å². The summed E-state index contributed by atoms with van der Waals surface area (Å²) in [6, 6.07) is 11.8. The van der Waals surface area contributed by atoms with E-state index in [4.69, 9.17) is 22.1 Å². The molecule has 0 aromatic heterocycles. The third-order valence-electron chi connectivity index (χ3n) is 5.26. The zero-order chi connectivity index (χ0) is 18.3. The van der Waals surface area contributed by atoms with Gasteiger partial charge in [0, 0.05) is 30.1 Å². The fourth-order valence-electron chi connectivity index (χ4n) is 3.89. The van der Waals surface area contributed by atoms with Gasteiger partial charge >= 0.3 is 0 Å². The van der Waals surface area contributed by atoms with Crippen molar-refractivity contribution in [2.75, 3.05) is 19.7 Å². The van der Waals surface area contributed by atoms with Gasteiger partial charge in [-0.2, -0.15) is 0 Å². The van der Waals surface area contributed by atoms with Gasteiger partial charge in [0.05, 0.1) is 5.92 Å². The second-order valence-corrected chi connectivity index (χ2v) is 7.44. The van der Waals surface area contributed by atoms with Crippen LogP contribution in [0, 0.1) is 11.7 Å². The number of carbonyl (C=O) groups is 1. The highest BCUT2D eigenvalue weighted by molar-refractivity contribution is 6.30. The van der Waals surface area contributed by atoms with E-state index in [1.165, 1.54) is 6.07 Å². The molecule has 3 atom stereocenters. The molecule has 26 heavy (non-hydrogen) atoms. The molecule has 1 saturated heterocycles. The minimum absolute atomic E-state index is 0.00455. The number of nitrogens with two attached hydrogens (primary N) is 1. The Morgan fingerprint density at radius 1 is 1.23 bits per heavy atom. The smallest absolute Gasteiger partial charge is 0.229 e. The number of halogens is 2. The van der Waals surface area contributed by atoms with Gasteiger partial charge in [0.25, 0.3) is 0 Å². The maximum absolute atomic E-state index is 14.1. The van der Waals surface area contributed by atoms with Crippen molar-refractivity contribution in [3.05, 3.63) is 64.4 Å². The standard InChI is InChI=1S/C20H20ClFN2O2/c21-14-5-6-19-12(8-14)7-13(11-26-19)20(25)24-9-16(18(23)10-24)15-3-1-2-4-17(15)22/h1-6,8,13,16,18H,7,9-11,23H2/t13?,16-,18+/m0/s1. The second kappa shape index (κ2) is 6.89. The zero-order valence-electron chi connectivity index (χ0n) is 14.2. The van der Waals surface area contributed by atoms with E-state index in [2.05, 4.69) is 0 Å². The molecular weight excluding hydrogens is 355 g/mol. The fraction of sp³-hybridized carbons (Fsp3) is 0.350. The Balaban J connectivity index is 1.49. The maximum Gasteiger partial charge on any atom is 0.229 e. The van der Waals surface area contributed by atoms with Crippen molar-refractivity contribution in [3.63, 3.8) is 0 Å². The molecule has 2 N–H and O–H groups in total. The Morgan fingerprint density at radius 3 is 2.85 bits per heavy atom. The molecule has 6 heteroatoms. The number of rotatable bonds is 2. The first-order valence-corrected chi connectivity index (χ1v) is 9.10. The van der Waals surface area contributed by atoms with Gasteiger partial charge in [-0.15, -0.1) is 0 Å². The number of nitrogens with zero attached hydrogens (tertiary/aromatic N) is 1. The highest BCUT2D eigenvalue weighted by Gasteiger charge is 2.38. The van der Waals surface area contributed by atoms with E-state index in [1.807, 2.05) is 12.1 Å². The number of ether oxygens (including phenoxy) is 1. The summed E-state index contributed by atoms with van der Waals surface area (Å²) in [6.07, 6.45) is 0.588. The highest BCUT2D eigenvalue weighted by Crippen LogP contribution is 2.33. The van der Waals surface area contributed by atoms with E-state index in [0.29, 0.717) is 36.7 Å². The van der Waals surface area contributed by atoms with Gasteiger partial charge in [-0.25, -0.2) is 4.39 Å². The fourth-order valence-corrected chi connectivity index (χ4v) is 4.09. The lowest BCUT2D eigenvalue weighted by Crippen LogP contribution is -2.40. The summed E-state index contributed by atoms with van der Waals surface area (Å²) in [5.41, 5.74) is 7.74. The number of hydrogen-bond acceptors (Lipinski definition) is 3. The molecule has 4 rings (SSSR count). The van der Waals surface area contributed by atoms with Gasteiger partial charge in [0.1, 0.15) is 18.2 Å². The van der Waals surface area contributed by atoms with Crippen molar-refractivity contribution >= 4 is 17.5 Å². The van der Waals surface area contributed by atoms with Crippen molar-refractivity contribution in [2.24, 2.45) is 11.7 Å². The van der Waals surface area contributed by atoms with Crippen LogP contribution in [0.1, 0.15) is 17.0 Å². The van der Waals surface area contributed by atoms with Crippen LogP contribution in [0.3, 0.4) is 0 Å². The summed E-state index contributed by atoms with van der Waals surface area (Å²) < 4.78 is 19.8. The molecule has 0 spiro atoms. The summed E-state index contributed by atoms with van der Waals surface area (Å²) in [7, 11) is 0. The van der Waals surface area contributed by atoms with Gasteiger partial charge in [-0.1, -0.05) is 29.8 Å². The Hall–Kier alpha value is -2.11. The van der Waals surface area contributed by atoms with Crippen molar-refractivity contribution in [3.8, 4) is 5.75 Å². The lowest BCUT2D eigenvalue weighted by molar-refractivity contribution is -0.135. The quantitative estimate of drug-likeness (QED) is 0.879. The molecule has 1 unspecified atom stereocenters. The van der Waals surface area contributed by atoms with Crippen LogP contribution in [0.25, 0.3) is 0 Å². The Kier molecular flexibility index (Phi) is 4.59. The number of fused-ring (bicyclic) bond motifs is 1. The molecule has 2 aliphatic heterocycles. The van der Waals surface area contributed by atoms with E-state index < -0.39 is 0 Å². The largest absolute Gasteiger partial charge is 0.492 e. The van der Waals surface area contributed by atoms with E-state index >= 15 is 0 Å². The predicted octanol–water partition coefficient (Wildman–Crippen LogP) is 2.98. The van der Waals surface area contributed by atoms with Crippen molar-refractivity contribution in [1.29, 1.82) is 0 Å². The molecule has 2 aromatic carbocycles. The number of amides is 1. The van der Waals surface area contributed by atoms with Gasteiger partial charge in [-0.3, -0.25) is 4.79 Å². The van der Waals surface area contributed by atoms with E-state index in [1.54, 1.807) is 29.2 Å². The molecule has 4 nitrogen and oxygen atoms in total. The second-order valence-electron chi connectivity index (χ2n) is 7.00. The lowest BCUT2D eigenvalue weighted by Gasteiger charge is -2.28. The Bertz CT molecular complexity index is 844. The summed E-state index contributed by atoms with van der Waals surface area (Å²) >= 11 is 6.05. The molecular formula is C20H20ClFN2O2. The number of hydrogen-bond donors (Lipinski definition) is 1. The molecule has 0 saturated carbocycles. The van der Waals surface area contributed by atoms with Crippen LogP contribution in [-0.2, 0) is 11.2 Å². The van der Waals surface area contributed by atoms with Gasteiger partial charge in [0.2, 0.25) is 5.91 Å². The molecule has 1 amide bonds. The third kappa shape index (κ3) is 3.17. The van der Waals surface area contributed by atoms with Gasteiger partial charge in [0.15, 0.2) is 0 Å². The summed E-state index contributed by atoms with van der Waals surface area (Å²) in [4.78, 5) is 14.7. The van der Waals surface area contributed by atoms with Crippen molar-refractivity contribution in [2.45, 2.75) is 18.4 Å². The van der Waals surface area contributed by atoms with Crippen LogP contribution in [0.15, 0.2) is 42.5 Å². The van der Waals surface area contributed by atoms with Crippen molar-refractivity contribution < 1.29 is 13.9 Å². The highest BCUT2D eigenvalue weighted by atomic mass is 35.5. The van der Waals surface area contributed by atoms with E-state index in [9.17, 15) is 9.18 Å². The normalized spacial score (nSPS) is 24.9. The Morgan fingerprint density at radius 2 is 2.04 bits per heavy atom. The minimum atomic E-state index is -0.276. The lowest BCUT2D eigenvalue weighted by atomic mass is 9.94. The first kappa shape index (κ1) is 17.3. The topological polar surface area (TPSA) is 55.6 Å². The monoisotopic (exact) mass is 374 g/mol. The van der Waals surface area contributed by atoms with E-state index in [0.717, 1.165) is 11.3 Å². The molecule has 2 aromatic rings. The SMILES string of the molecule is N[C@@H]1CN(C(=O)C2COc3ccc(Cl)cc3C2)C[C@H]1c1ccccc1F. The van der Waals surface area contributed by atoms with Crippen LogP contribution in [-0.4, -0.2) is 36.5 Å².